The van der Waals surface area contributed by atoms with Crippen LogP contribution in [0.4, 0.5) is 8.78 Å². The summed E-state index contributed by atoms with van der Waals surface area (Å²) in [6.45, 7) is -2.02. The normalized spacial score (nSPS) is 10.5. The second kappa shape index (κ2) is 8.14. The Kier molecular flexibility index (Phi) is 7.66. The van der Waals surface area contributed by atoms with Crippen LogP contribution in [-0.4, -0.2) is 31.5 Å². The number of carbonyl (C=O) groups excluding carboxylic acids is 1. The Morgan fingerprint density at radius 1 is 1.42 bits per heavy atom. The van der Waals surface area contributed by atoms with Crippen LogP contribution in [0.3, 0.4) is 0 Å². The number of halogens is 4. The molecule has 0 bridgehead atoms. The van der Waals surface area contributed by atoms with E-state index in [0.717, 1.165) is 0 Å². The lowest BCUT2D eigenvalue weighted by Crippen LogP contribution is -2.43. The van der Waals surface area contributed by atoms with Gasteiger partial charge in [0.05, 0.1) is 18.1 Å². The summed E-state index contributed by atoms with van der Waals surface area (Å²) in [5, 5.41) is 2.37. The van der Waals surface area contributed by atoms with Crippen LogP contribution < -0.4 is 15.8 Å². The van der Waals surface area contributed by atoms with Crippen LogP contribution in [0.1, 0.15) is 0 Å². The number of alkyl halides is 2. The highest BCUT2D eigenvalue weighted by Crippen LogP contribution is 2.22. The molecule has 0 aromatic heterocycles. The summed E-state index contributed by atoms with van der Waals surface area (Å²) in [5.41, 5.74) is 4.83. The summed E-state index contributed by atoms with van der Waals surface area (Å²) in [5.74, 6) is -3.46. The number of hydrogen-bond donors (Lipinski definition) is 2. The minimum absolute atomic E-state index is 0. The number of para-hydroxylation sites is 1. The summed E-state index contributed by atoms with van der Waals surface area (Å²) in [7, 11) is 0. The van der Waals surface area contributed by atoms with Gasteiger partial charge in [-0.25, -0.2) is 8.78 Å². The fraction of sp³-hybridized carbons (Fsp3) is 0.364. The van der Waals surface area contributed by atoms with Gasteiger partial charge >= 0.3 is 0 Å². The van der Waals surface area contributed by atoms with Gasteiger partial charge in [-0.05, 0) is 12.1 Å². The lowest BCUT2D eigenvalue weighted by atomic mass is 10.3. The molecule has 0 unspecified atom stereocenters. The van der Waals surface area contributed by atoms with Gasteiger partial charge in [0.1, 0.15) is 5.75 Å². The van der Waals surface area contributed by atoms with E-state index in [9.17, 15) is 13.6 Å². The molecule has 0 saturated carbocycles. The number of amides is 1. The Hall–Kier alpha value is -1.11. The largest absolute Gasteiger partial charge is 0.482 e. The molecule has 3 N–H and O–H groups in total. The van der Waals surface area contributed by atoms with E-state index < -0.39 is 24.9 Å². The number of nitrogens with one attached hydrogen (secondary N) is 1. The highest BCUT2D eigenvalue weighted by atomic mass is 35.5. The summed E-state index contributed by atoms with van der Waals surface area (Å²) in [6, 6.07) is 6.56. The number of carbonyl (C=O) groups is 1. The lowest BCUT2D eigenvalue weighted by Gasteiger charge is -2.14. The molecule has 0 aliphatic carbocycles. The first kappa shape index (κ1) is 17.9. The summed E-state index contributed by atoms with van der Waals surface area (Å²) < 4.78 is 30.6. The molecule has 0 atom stereocenters. The lowest BCUT2D eigenvalue weighted by molar-refractivity contribution is -0.124. The average Bonchev–Trinajstić information content (AvgIpc) is 2.35. The number of benzene rings is 1. The molecular weight excluding hydrogens is 301 g/mol. The number of hydrogen-bond acceptors (Lipinski definition) is 3. The molecule has 0 saturated heterocycles. The molecule has 1 rings (SSSR count). The summed E-state index contributed by atoms with van der Waals surface area (Å²) in [6.07, 6.45) is 0. The second-order valence-corrected chi connectivity index (χ2v) is 3.96. The topological polar surface area (TPSA) is 64.3 Å². The third-order valence-electron chi connectivity index (χ3n) is 2.04. The highest BCUT2D eigenvalue weighted by Gasteiger charge is 2.27. The van der Waals surface area contributed by atoms with Crippen molar-refractivity contribution >= 4 is 29.9 Å². The standard InChI is InChI=1S/C11H13ClF2N2O2.ClH/c12-8-3-1-2-4-9(8)18-5-10(17)16-7-11(13,14)6-15;/h1-4H,5-7,15H2,(H,16,17);1H. The van der Waals surface area contributed by atoms with E-state index in [4.69, 9.17) is 22.1 Å². The van der Waals surface area contributed by atoms with Crippen LogP contribution in [0.15, 0.2) is 24.3 Å². The molecule has 0 heterocycles. The predicted octanol–water partition coefficient (Wildman–Crippen LogP) is 1.85. The molecule has 108 valence electrons. The van der Waals surface area contributed by atoms with Crippen molar-refractivity contribution in [2.45, 2.75) is 5.92 Å². The SMILES string of the molecule is Cl.NCC(F)(F)CNC(=O)COc1ccccc1Cl. The zero-order valence-corrected chi connectivity index (χ0v) is 11.4. The molecule has 0 spiro atoms. The maximum absolute atomic E-state index is 12.7. The van der Waals surface area contributed by atoms with Crippen LogP contribution >= 0.6 is 24.0 Å². The Balaban J connectivity index is 0.00000324. The fourth-order valence-corrected chi connectivity index (χ4v) is 1.25. The van der Waals surface area contributed by atoms with Crippen LogP contribution in [0.5, 0.6) is 5.75 Å². The summed E-state index contributed by atoms with van der Waals surface area (Å²) in [4.78, 5) is 11.2. The van der Waals surface area contributed by atoms with Crippen molar-refractivity contribution in [3.8, 4) is 5.75 Å². The van der Waals surface area contributed by atoms with E-state index in [2.05, 4.69) is 0 Å². The van der Waals surface area contributed by atoms with E-state index in [0.29, 0.717) is 10.8 Å². The number of ether oxygens (including phenoxy) is 1. The third kappa shape index (κ3) is 6.56. The minimum Gasteiger partial charge on any atom is -0.482 e. The molecule has 0 radical (unpaired) electrons. The van der Waals surface area contributed by atoms with Gasteiger partial charge in [0.2, 0.25) is 0 Å². The van der Waals surface area contributed by atoms with Crippen molar-refractivity contribution in [2.75, 3.05) is 19.7 Å². The maximum Gasteiger partial charge on any atom is 0.277 e. The molecule has 1 aromatic rings. The van der Waals surface area contributed by atoms with Gasteiger partial charge in [-0.3, -0.25) is 4.79 Å². The average molecular weight is 315 g/mol. The van der Waals surface area contributed by atoms with Crippen molar-refractivity contribution in [1.82, 2.24) is 5.32 Å². The Morgan fingerprint density at radius 2 is 2.05 bits per heavy atom. The molecule has 0 aliphatic rings. The van der Waals surface area contributed by atoms with Gasteiger partial charge in [0.15, 0.2) is 6.61 Å². The van der Waals surface area contributed by atoms with E-state index in [1.807, 2.05) is 5.32 Å². The zero-order valence-electron chi connectivity index (χ0n) is 9.87. The highest BCUT2D eigenvalue weighted by molar-refractivity contribution is 6.32. The quantitative estimate of drug-likeness (QED) is 0.842. The monoisotopic (exact) mass is 314 g/mol. The molecule has 1 amide bonds. The number of rotatable bonds is 6. The van der Waals surface area contributed by atoms with Crippen molar-refractivity contribution in [3.63, 3.8) is 0 Å². The van der Waals surface area contributed by atoms with Crippen LogP contribution in [0, 0.1) is 0 Å². The van der Waals surface area contributed by atoms with Gasteiger partial charge < -0.3 is 15.8 Å². The van der Waals surface area contributed by atoms with Crippen molar-refractivity contribution in [2.24, 2.45) is 5.73 Å². The van der Waals surface area contributed by atoms with Gasteiger partial charge in [-0.1, -0.05) is 23.7 Å². The van der Waals surface area contributed by atoms with Crippen molar-refractivity contribution in [3.05, 3.63) is 29.3 Å². The zero-order chi connectivity index (χ0) is 13.6. The Bertz CT molecular complexity index is 419. The molecule has 0 fully saturated rings. The van der Waals surface area contributed by atoms with Gasteiger partial charge in [0.25, 0.3) is 11.8 Å². The summed E-state index contributed by atoms with van der Waals surface area (Å²) >= 11 is 5.79. The second-order valence-electron chi connectivity index (χ2n) is 3.56. The van der Waals surface area contributed by atoms with Crippen molar-refractivity contribution < 1.29 is 18.3 Å². The van der Waals surface area contributed by atoms with Crippen LogP contribution in [0.25, 0.3) is 0 Å². The molecule has 0 aliphatic heterocycles. The predicted molar refractivity (Wildman–Crippen MR) is 71.2 cm³/mol. The van der Waals surface area contributed by atoms with Gasteiger partial charge in [-0.15, -0.1) is 12.4 Å². The molecule has 4 nitrogen and oxygen atoms in total. The van der Waals surface area contributed by atoms with E-state index >= 15 is 0 Å². The first-order chi connectivity index (χ1) is 8.44. The Labute approximate surface area is 120 Å². The maximum atomic E-state index is 12.7. The van der Waals surface area contributed by atoms with Crippen molar-refractivity contribution in [1.29, 1.82) is 0 Å². The molecular formula is C11H14Cl2F2N2O2. The molecule has 19 heavy (non-hydrogen) atoms. The molecule has 8 heteroatoms. The van der Waals surface area contributed by atoms with Crippen LogP contribution in [-0.2, 0) is 4.79 Å². The minimum atomic E-state index is -3.11. The third-order valence-corrected chi connectivity index (χ3v) is 2.35. The molecule has 1 aromatic carbocycles. The van der Waals surface area contributed by atoms with Gasteiger partial charge in [0, 0.05) is 0 Å². The van der Waals surface area contributed by atoms with E-state index in [1.54, 1.807) is 24.3 Å². The first-order valence-electron chi connectivity index (χ1n) is 5.16. The van der Waals surface area contributed by atoms with Gasteiger partial charge in [-0.2, -0.15) is 0 Å². The number of nitrogens with two attached hydrogens (primary N) is 1. The Morgan fingerprint density at radius 3 is 2.63 bits per heavy atom. The van der Waals surface area contributed by atoms with E-state index in [-0.39, 0.29) is 19.0 Å². The van der Waals surface area contributed by atoms with E-state index in [1.165, 1.54) is 0 Å². The smallest absolute Gasteiger partial charge is 0.277 e. The fourth-order valence-electron chi connectivity index (χ4n) is 1.06. The van der Waals surface area contributed by atoms with Crippen LogP contribution in [0.2, 0.25) is 5.02 Å². The first-order valence-corrected chi connectivity index (χ1v) is 5.54.